The Bertz CT molecular complexity index is 392. The van der Waals surface area contributed by atoms with Crippen LogP contribution >= 0.6 is 0 Å². The van der Waals surface area contributed by atoms with Gasteiger partial charge in [0.15, 0.2) is 0 Å². The van der Waals surface area contributed by atoms with E-state index in [0.29, 0.717) is 12.1 Å². The highest BCUT2D eigenvalue weighted by Gasteiger charge is 2.33. The second-order valence-electron chi connectivity index (χ2n) is 3.79. The van der Waals surface area contributed by atoms with Crippen LogP contribution in [0.25, 0.3) is 0 Å². The van der Waals surface area contributed by atoms with Crippen LogP contribution in [0.2, 0.25) is 0 Å². The van der Waals surface area contributed by atoms with E-state index in [-0.39, 0.29) is 0 Å². The molecule has 1 aromatic rings. The molecule has 2 rings (SSSR count). The second-order valence-corrected chi connectivity index (χ2v) is 3.79. The maximum Gasteiger partial charge on any atom is 0.0994 e. The second kappa shape index (κ2) is 3.32. The van der Waals surface area contributed by atoms with E-state index >= 15 is 0 Å². The van der Waals surface area contributed by atoms with Crippen molar-refractivity contribution in [3.8, 4) is 6.07 Å². The molecule has 2 unspecified atom stereocenters. The lowest BCUT2D eigenvalue weighted by Gasteiger charge is -2.06. The van der Waals surface area contributed by atoms with E-state index in [1.54, 1.807) is 0 Å². The van der Waals surface area contributed by atoms with Crippen LogP contribution in [-0.4, -0.2) is 12.1 Å². The van der Waals surface area contributed by atoms with Crippen LogP contribution in [-0.2, 0) is 0 Å². The summed E-state index contributed by atoms with van der Waals surface area (Å²) in [7, 11) is 0. The molecular formula is C11H13N3. The maximum absolute atomic E-state index is 8.76. The molecule has 3 nitrogen and oxygen atoms in total. The number of nitrogens with zero attached hydrogens (tertiary/aromatic N) is 1. The molecule has 0 spiro atoms. The standard InChI is InChI=1S/C11H13N3/c1-7-4-9(3-2-8(7)6-12)14-11-5-10(11)13/h2-4,10-11,14H,5,13H2,1H3. The van der Waals surface area contributed by atoms with Gasteiger partial charge in [0.2, 0.25) is 0 Å². The molecule has 1 aliphatic rings. The zero-order valence-electron chi connectivity index (χ0n) is 8.12. The zero-order valence-corrected chi connectivity index (χ0v) is 8.12. The first kappa shape index (κ1) is 9.04. The van der Waals surface area contributed by atoms with E-state index in [2.05, 4.69) is 11.4 Å². The van der Waals surface area contributed by atoms with E-state index < -0.39 is 0 Å². The highest BCUT2D eigenvalue weighted by Crippen LogP contribution is 2.24. The first-order valence-electron chi connectivity index (χ1n) is 4.73. The minimum atomic E-state index is 0.297. The number of hydrogen-bond donors (Lipinski definition) is 2. The number of nitriles is 1. The summed E-state index contributed by atoms with van der Waals surface area (Å²) in [5, 5.41) is 12.1. The van der Waals surface area contributed by atoms with Gasteiger partial charge in [0.05, 0.1) is 11.6 Å². The fourth-order valence-corrected chi connectivity index (χ4v) is 1.47. The van der Waals surface area contributed by atoms with Gasteiger partial charge in [-0.05, 0) is 37.1 Å². The molecule has 0 heterocycles. The van der Waals surface area contributed by atoms with Gasteiger partial charge in [-0.2, -0.15) is 5.26 Å². The predicted octanol–water partition coefficient (Wildman–Crippen LogP) is 1.38. The first-order chi connectivity index (χ1) is 6.70. The van der Waals surface area contributed by atoms with Gasteiger partial charge < -0.3 is 11.1 Å². The van der Waals surface area contributed by atoms with Gasteiger partial charge in [-0.15, -0.1) is 0 Å². The van der Waals surface area contributed by atoms with Gasteiger partial charge in [-0.1, -0.05) is 0 Å². The number of aryl methyl sites for hydroxylation is 1. The quantitative estimate of drug-likeness (QED) is 0.735. The van der Waals surface area contributed by atoms with E-state index in [0.717, 1.165) is 23.2 Å². The van der Waals surface area contributed by atoms with Crippen LogP contribution in [0.3, 0.4) is 0 Å². The molecule has 1 aromatic carbocycles. The lowest BCUT2D eigenvalue weighted by Crippen LogP contribution is -2.13. The van der Waals surface area contributed by atoms with Crippen molar-refractivity contribution in [3.63, 3.8) is 0 Å². The molecule has 0 amide bonds. The molecule has 0 bridgehead atoms. The third-order valence-electron chi connectivity index (χ3n) is 2.54. The Morgan fingerprint density at radius 2 is 2.29 bits per heavy atom. The van der Waals surface area contributed by atoms with Crippen LogP contribution in [0.5, 0.6) is 0 Å². The lowest BCUT2D eigenvalue weighted by molar-refractivity contribution is 1.01. The number of benzene rings is 1. The highest BCUT2D eigenvalue weighted by molar-refractivity contribution is 5.53. The molecule has 0 aliphatic heterocycles. The van der Waals surface area contributed by atoms with Gasteiger partial charge in [-0.25, -0.2) is 0 Å². The van der Waals surface area contributed by atoms with Crippen molar-refractivity contribution < 1.29 is 0 Å². The van der Waals surface area contributed by atoms with Crippen molar-refractivity contribution in [1.82, 2.24) is 0 Å². The third-order valence-corrected chi connectivity index (χ3v) is 2.54. The monoisotopic (exact) mass is 187 g/mol. The Kier molecular flexibility index (Phi) is 2.14. The van der Waals surface area contributed by atoms with Crippen LogP contribution in [0.4, 0.5) is 5.69 Å². The van der Waals surface area contributed by atoms with Crippen LogP contribution in [0, 0.1) is 18.3 Å². The molecule has 72 valence electrons. The summed E-state index contributed by atoms with van der Waals surface area (Å²) in [6, 6.07) is 8.62. The molecule has 0 aromatic heterocycles. The van der Waals surface area contributed by atoms with Gasteiger partial charge in [0.1, 0.15) is 0 Å². The van der Waals surface area contributed by atoms with E-state index in [4.69, 9.17) is 11.0 Å². The van der Waals surface area contributed by atoms with Crippen molar-refractivity contribution in [2.45, 2.75) is 25.4 Å². The largest absolute Gasteiger partial charge is 0.381 e. The number of hydrogen-bond acceptors (Lipinski definition) is 3. The molecule has 14 heavy (non-hydrogen) atoms. The zero-order chi connectivity index (χ0) is 10.1. The Morgan fingerprint density at radius 1 is 1.57 bits per heavy atom. The molecule has 0 saturated heterocycles. The number of anilines is 1. The molecule has 0 radical (unpaired) electrons. The van der Waals surface area contributed by atoms with Crippen molar-refractivity contribution in [2.75, 3.05) is 5.32 Å². The van der Waals surface area contributed by atoms with Gasteiger partial charge in [0.25, 0.3) is 0 Å². The smallest absolute Gasteiger partial charge is 0.0994 e. The summed E-state index contributed by atoms with van der Waals surface area (Å²) in [5.41, 5.74) is 8.49. The topological polar surface area (TPSA) is 61.8 Å². The summed E-state index contributed by atoms with van der Waals surface area (Å²) in [4.78, 5) is 0. The van der Waals surface area contributed by atoms with Crippen LogP contribution in [0.15, 0.2) is 18.2 Å². The molecule has 3 N–H and O–H groups in total. The van der Waals surface area contributed by atoms with Crippen LogP contribution < -0.4 is 11.1 Å². The highest BCUT2D eigenvalue weighted by atomic mass is 15.0. The average Bonchev–Trinajstić information content (AvgIpc) is 2.82. The van der Waals surface area contributed by atoms with Crippen molar-refractivity contribution in [3.05, 3.63) is 29.3 Å². The SMILES string of the molecule is Cc1cc(NC2CC2N)ccc1C#N. The van der Waals surface area contributed by atoms with Gasteiger partial charge in [0, 0.05) is 17.8 Å². The van der Waals surface area contributed by atoms with E-state index in [1.807, 2.05) is 25.1 Å². The Morgan fingerprint density at radius 3 is 2.79 bits per heavy atom. The Balaban J connectivity index is 2.13. The van der Waals surface area contributed by atoms with Crippen molar-refractivity contribution in [1.29, 1.82) is 5.26 Å². The third kappa shape index (κ3) is 1.70. The van der Waals surface area contributed by atoms with E-state index in [1.165, 1.54) is 0 Å². The predicted molar refractivity (Wildman–Crippen MR) is 55.9 cm³/mol. The fourth-order valence-electron chi connectivity index (χ4n) is 1.47. The summed E-state index contributed by atoms with van der Waals surface area (Å²) < 4.78 is 0. The Hall–Kier alpha value is -1.53. The van der Waals surface area contributed by atoms with Crippen molar-refractivity contribution in [2.24, 2.45) is 5.73 Å². The number of nitrogens with two attached hydrogens (primary N) is 1. The van der Waals surface area contributed by atoms with Gasteiger partial charge >= 0.3 is 0 Å². The summed E-state index contributed by atoms with van der Waals surface area (Å²) in [6.45, 7) is 1.94. The average molecular weight is 187 g/mol. The summed E-state index contributed by atoms with van der Waals surface area (Å²) >= 11 is 0. The summed E-state index contributed by atoms with van der Waals surface area (Å²) in [6.07, 6.45) is 1.04. The van der Waals surface area contributed by atoms with Crippen molar-refractivity contribution >= 4 is 5.69 Å². The van der Waals surface area contributed by atoms with E-state index in [9.17, 15) is 0 Å². The molecular weight excluding hydrogens is 174 g/mol. The normalized spacial score (nSPS) is 24.1. The minimum absolute atomic E-state index is 0.297. The number of nitrogens with one attached hydrogen (secondary N) is 1. The molecule has 3 heteroatoms. The van der Waals surface area contributed by atoms with Crippen LogP contribution in [0.1, 0.15) is 17.5 Å². The molecule has 1 aliphatic carbocycles. The van der Waals surface area contributed by atoms with Gasteiger partial charge in [-0.3, -0.25) is 0 Å². The Labute approximate surface area is 83.5 Å². The molecule has 2 atom stereocenters. The molecule has 1 fully saturated rings. The summed E-state index contributed by atoms with van der Waals surface area (Å²) in [5.74, 6) is 0. The maximum atomic E-state index is 8.76. The minimum Gasteiger partial charge on any atom is -0.381 e. The fraction of sp³-hybridized carbons (Fsp3) is 0.364. The number of rotatable bonds is 2. The lowest BCUT2D eigenvalue weighted by atomic mass is 10.1. The molecule has 1 saturated carbocycles. The first-order valence-corrected chi connectivity index (χ1v) is 4.73.